The van der Waals surface area contributed by atoms with Crippen molar-refractivity contribution in [2.45, 2.75) is 26.3 Å². The van der Waals surface area contributed by atoms with E-state index in [2.05, 4.69) is 16.4 Å². The molecule has 0 bridgehead atoms. The topological polar surface area (TPSA) is 64.8 Å². The monoisotopic (exact) mass is 373 g/mol. The van der Waals surface area contributed by atoms with Gasteiger partial charge in [-0.3, -0.25) is 0 Å². The Bertz CT molecular complexity index is 1190. The summed E-state index contributed by atoms with van der Waals surface area (Å²) < 4.78 is 19.7. The molecule has 5 heteroatoms. The van der Waals surface area contributed by atoms with E-state index in [4.69, 9.17) is 4.42 Å². The van der Waals surface area contributed by atoms with Crippen LogP contribution in [-0.4, -0.2) is 10.5 Å². The summed E-state index contributed by atoms with van der Waals surface area (Å²) in [5.74, 6) is 0.662. The van der Waals surface area contributed by atoms with Crippen LogP contribution in [0.1, 0.15) is 26.3 Å². The van der Waals surface area contributed by atoms with Crippen molar-refractivity contribution in [3.63, 3.8) is 0 Å². The van der Waals surface area contributed by atoms with E-state index in [9.17, 15) is 9.65 Å². The van der Waals surface area contributed by atoms with Gasteiger partial charge >= 0.3 is 0 Å². The number of aromatic amines is 1. The Balaban J connectivity index is 1.99. The van der Waals surface area contributed by atoms with Crippen molar-refractivity contribution < 1.29 is 8.81 Å². The lowest BCUT2D eigenvalue weighted by Gasteiger charge is -2.21. The van der Waals surface area contributed by atoms with Gasteiger partial charge in [0.1, 0.15) is 17.4 Å². The third kappa shape index (κ3) is 3.14. The summed E-state index contributed by atoms with van der Waals surface area (Å²) in [5.41, 5.74) is 3.28. The van der Waals surface area contributed by atoms with E-state index in [1.54, 1.807) is 12.1 Å². The van der Waals surface area contributed by atoms with Crippen LogP contribution in [0.5, 0.6) is 0 Å². The number of rotatable bonds is 3. The quantitative estimate of drug-likeness (QED) is 0.442. The summed E-state index contributed by atoms with van der Waals surface area (Å²) in [5, 5.41) is 14.3. The number of halogens is 1. The molecule has 2 aromatic heterocycles. The summed E-state index contributed by atoms with van der Waals surface area (Å²) in [7, 11) is 0. The van der Waals surface area contributed by atoms with Crippen LogP contribution in [0.25, 0.3) is 33.4 Å². The SMILES string of the molecule is CC(C)(C)Nc1oc(-c2c[nH]c3ccccc23)c(C#N)c1-c1ccc(F)cc1. The van der Waals surface area contributed by atoms with E-state index in [1.807, 2.05) is 51.2 Å². The molecular formula is C23H20FN3O. The minimum atomic E-state index is -0.326. The van der Waals surface area contributed by atoms with Gasteiger partial charge < -0.3 is 14.7 Å². The minimum Gasteiger partial charge on any atom is -0.439 e. The van der Waals surface area contributed by atoms with Gasteiger partial charge in [0.25, 0.3) is 0 Å². The second-order valence-corrected chi connectivity index (χ2v) is 7.75. The molecule has 0 aliphatic heterocycles. The molecule has 0 radical (unpaired) electrons. The first-order chi connectivity index (χ1) is 13.4. The van der Waals surface area contributed by atoms with Crippen LogP contribution in [-0.2, 0) is 0 Å². The van der Waals surface area contributed by atoms with E-state index < -0.39 is 0 Å². The molecule has 0 aliphatic rings. The number of benzene rings is 2. The van der Waals surface area contributed by atoms with Crippen LogP contribution in [0.3, 0.4) is 0 Å². The van der Waals surface area contributed by atoms with Crippen molar-refractivity contribution in [3.8, 4) is 28.5 Å². The summed E-state index contributed by atoms with van der Waals surface area (Å²) in [6, 6.07) is 16.2. The Labute approximate surface area is 162 Å². The standard InChI is InChI=1S/C23H20FN3O/c1-23(2,3)27-22-20(14-8-10-15(24)11-9-14)17(12-25)21(28-22)18-13-26-19-7-5-4-6-16(18)19/h4-11,13,26-27H,1-3H3. The highest BCUT2D eigenvalue weighted by atomic mass is 19.1. The maximum absolute atomic E-state index is 13.5. The van der Waals surface area contributed by atoms with Gasteiger partial charge in [-0.2, -0.15) is 5.26 Å². The molecule has 2 heterocycles. The maximum atomic E-state index is 13.5. The number of aromatic nitrogens is 1. The number of nitrogens with one attached hydrogen (secondary N) is 2. The smallest absolute Gasteiger partial charge is 0.203 e. The normalized spacial score (nSPS) is 11.5. The fourth-order valence-corrected chi connectivity index (χ4v) is 3.31. The molecule has 2 N–H and O–H groups in total. The number of anilines is 1. The first-order valence-electron chi connectivity index (χ1n) is 9.05. The van der Waals surface area contributed by atoms with Crippen molar-refractivity contribution >= 4 is 16.8 Å². The third-order valence-electron chi connectivity index (χ3n) is 4.48. The molecule has 0 fully saturated rings. The number of para-hydroxylation sites is 1. The van der Waals surface area contributed by atoms with E-state index in [1.165, 1.54) is 12.1 Å². The van der Waals surface area contributed by atoms with E-state index in [-0.39, 0.29) is 11.4 Å². The van der Waals surface area contributed by atoms with Crippen LogP contribution in [0, 0.1) is 17.1 Å². The van der Waals surface area contributed by atoms with Crippen molar-refractivity contribution in [2.24, 2.45) is 0 Å². The molecule has 4 nitrogen and oxygen atoms in total. The van der Waals surface area contributed by atoms with E-state index in [0.717, 1.165) is 22.0 Å². The van der Waals surface area contributed by atoms with Crippen molar-refractivity contribution in [1.29, 1.82) is 5.26 Å². The number of nitriles is 1. The molecule has 4 rings (SSSR count). The van der Waals surface area contributed by atoms with Crippen LogP contribution >= 0.6 is 0 Å². The zero-order valence-corrected chi connectivity index (χ0v) is 15.9. The van der Waals surface area contributed by atoms with Crippen LogP contribution in [0.2, 0.25) is 0 Å². The zero-order valence-electron chi connectivity index (χ0n) is 15.9. The van der Waals surface area contributed by atoms with Gasteiger partial charge in [0, 0.05) is 28.2 Å². The first-order valence-corrected chi connectivity index (χ1v) is 9.05. The Morgan fingerprint density at radius 2 is 1.79 bits per heavy atom. The minimum absolute atomic E-state index is 0.281. The van der Waals surface area contributed by atoms with Crippen molar-refractivity contribution in [1.82, 2.24) is 4.98 Å². The molecule has 0 unspecified atom stereocenters. The fourth-order valence-electron chi connectivity index (χ4n) is 3.31. The van der Waals surface area contributed by atoms with Crippen LogP contribution < -0.4 is 5.32 Å². The molecule has 0 amide bonds. The average molecular weight is 373 g/mol. The highest BCUT2D eigenvalue weighted by molar-refractivity contribution is 5.98. The largest absolute Gasteiger partial charge is 0.439 e. The summed E-state index contributed by atoms with van der Waals surface area (Å²) in [4.78, 5) is 3.22. The number of H-pyrrole nitrogens is 1. The molecule has 0 aliphatic carbocycles. The highest BCUT2D eigenvalue weighted by Gasteiger charge is 2.26. The number of hydrogen-bond acceptors (Lipinski definition) is 3. The molecule has 0 saturated heterocycles. The summed E-state index contributed by atoms with van der Waals surface area (Å²) >= 11 is 0. The Morgan fingerprint density at radius 1 is 1.07 bits per heavy atom. The average Bonchev–Trinajstić information content (AvgIpc) is 3.22. The molecule has 2 aromatic carbocycles. The van der Waals surface area contributed by atoms with Gasteiger partial charge in [-0.05, 0) is 44.5 Å². The summed E-state index contributed by atoms with van der Waals surface area (Å²) in [6.45, 7) is 6.05. The maximum Gasteiger partial charge on any atom is 0.203 e. The Morgan fingerprint density at radius 3 is 2.46 bits per heavy atom. The van der Waals surface area contributed by atoms with Crippen LogP contribution in [0.15, 0.2) is 59.1 Å². The van der Waals surface area contributed by atoms with Crippen molar-refractivity contribution in [2.75, 3.05) is 5.32 Å². The molecule has 140 valence electrons. The van der Waals surface area contributed by atoms with Gasteiger partial charge in [-0.1, -0.05) is 30.3 Å². The van der Waals surface area contributed by atoms with Gasteiger partial charge in [0.05, 0.1) is 5.56 Å². The van der Waals surface area contributed by atoms with Gasteiger partial charge in [-0.25, -0.2) is 4.39 Å². The molecular weight excluding hydrogens is 353 g/mol. The Hall–Kier alpha value is -3.52. The molecule has 28 heavy (non-hydrogen) atoms. The molecule has 0 saturated carbocycles. The zero-order chi connectivity index (χ0) is 19.9. The lowest BCUT2D eigenvalue weighted by molar-refractivity contribution is 0.549. The summed E-state index contributed by atoms with van der Waals surface area (Å²) in [6.07, 6.45) is 1.85. The highest BCUT2D eigenvalue weighted by Crippen LogP contribution is 2.43. The molecule has 0 atom stereocenters. The first kappa shape index (κ1) is 17.9. The second kappa shape index (κ2) is 6.58. The van der Waals surface area contributed by atoms with Gasteiger partial charge in [0.15, 0.2) is 5.76 Å². The predicted molar refractivity (Wildman–Crippen MR) is 109 cm³/mol. The van der Waals surface area contributed by atoms with E-state index in [0.29, 0.717) is 22.8 Å². The van der Waals surface area contributed by atoms with E-state index >= 15 is 0 Å². The number of furan rings is 1. The lowest BCUT2D eigenvalue weighted by Crippen LogP contribution is -2.26. The number of fused-ring (bicyclic) bond motifs is 1. The number of nitrogens with zero attached hydrogens (tertiary/aromatic N) is 1. The second-order valence-electron chi connectivity index (χ2n) is 7.75. The lowest BCUT2D eigenvalue weighted by atomic mass is 9.99. The van der Waals surface area contributed by atoms with Crippen molar-refractivity contribution in [3.05, 3.63) is 66.1 Å². The predicted octanol–water partition coefficient (Wildman–Crippen LogP) is 6.32. The van der Waals surface area contributed by atoms with Gasteiger partial charge in [-0.15, -0.1) is 0 Å². The van der Waals surface area contributed by atoms with Crippen LogP contribution in [0.4, 0.5) is 10.3 Å². The third-order valence-corrected chi connectivity index (χ3v) is 4.48. The fraction of sp³-hybridized carbons (Fsp3) is 0.174. The molecule has 4 aromatic rings. The Kier molecular flexibility index (Phi) is 4.20. The molecule has 0 spiro atoms. The van der Waals surface area contributed by atoms with Gasteiger partial charge in [0.2, 0.25) is 5.88 Å². The number of hydrogen-bond donors (Lipinski definition) is 2.